The van der Waals surface area contributed by atoms with E-state index in [4.69, 9.17) is 0 Å². The van der Waals surface area contributed by atoms with Crippen molar-refractivity contribution in [2.24, 2.45) is 0 Å². The van der Waals surface area contributed by atoms with Gasteiger partial charge in [0.15, 0.2) is 5.16 Å². The number of carbonyl (C=O) groups is 1. The third-order valence-electron chi connectivity index (χ3n) is 3.54. The lowest BCUT2D eigenvalue weighted by atomic mass is 10.2. The van der Waals surface area contributed by atoms with E-state index in [1.165, 1.54) is 35.9 Å². The molecule has 2 heterocycles. The molecule has 0 aliphatic rings. The summed E-state index contributed by atoms with van der Waals surface area (Å²) in [6.45, 7) is 6.95. The van der Waals surface area contributed by atoms with Crippen LogP contribution in [0.4, 0.5) is 0 Å². The molecule has 1 N–H and O–H groups in total. The zero-order valence-corrected chi connectivity index (χ0v) is 15.5. The molecule has 0 aliphatic carbocycles. The first-order valence-corrected chi connectivity index (χ1v) is 10.0. The van der Waals surface area contributed by atoms with Crippen LogP contribution in [0.25, 0.3) is 10.2 Å². The molecule has 0 radical (unpaired) electrons. The van der Waals surface area contributed by atoms with Crippen molar-refractivity contribution in [3.05, 3.63) is 34.5 Å². The summed E-state index contributed by atoms with van der Waals surface area (Å²) in [7, 11) is 0. The molecule has 2 aromatic rings. The van der Waals surface area contributed by atoms with Gasteiger partial charge in [-0.15, -0.1) is 17.9 Å². The molecule has 0 atom stereocenters. The maximum Gasteiger partial charge on any atom is 0.263 e. The largest absolute Gasteiger partial charge is 0.355 e. The molecule has 0 aromatic carbocycles. The number of nitrogens with zero attached hydrogens (tertiary/aromatic N) is 2. The number of amides is 1. The molecule has 0 saturated heterocycles. The van der Waals surface area contributed by atoms with Gasteiger partial charge < -0.3 is 5.32 Å². The van der Waals surface area contributed by atoms with Gasteiger partial charge in [-0.1, -0.05) is 44.0 Å². The standard InChI is InChI=1S/C17H23N3O2S2/c1-3-5-6-7-9-18-14(21)12-24-17-19-15-13(8-11-23-15)16(22)20(17)10-4-2/h4,8,11H,2-3,5-7,9-10,12H2,1H3,(H,18,21). The van der Waals surface area contributed by atoms with Gasteiger partial charge in [-0.25, -0.2) is 4.98 Å². The fourth-order valence-corrected chi connectivity index (χ4v) is 3.93. The third-order valence-corrected chi connectivity index (χ3v) is 5.33. The summed E-state index contributed by atoms with van der Waals surface area (Å²) in [6.07, 6.45) is 6.19. The van der Waals surface area contributed by atoms with Gasteiger partial charge in [0.25, 0.3) is 5.56 Å². The van der Waals surface area contributed by atoms with Crippen LogP contribution in [0.15, 0.2) is 34.1 Å². The second-order valence-electron chi connectivity index (χ2n) is 5.44. The highest BCUT2D eigenvalue weighted by molar-refractivity contribution is 7.99. The van der Waals surface area contributed by atoms with Crippen LogP contribution >= 0.6 is 23.1 Å². The normalized spacial score (nSPS) is 10.9. The third kappa shape index (κ3) is 4.95. The summed E-state index contributed by atoms with van der Waals surface area (Å²) in [6, 6.07) is 1.78. The lowest BCUT2D eigenvalue weighted by Crippen LogP contribution is -2.27. The number of allylic oxidation sites excluding steroid dienone is 1. The van der Waals surface area contributed by atoms with Crippen LogP contribution in [-0.2, 0) is 11.3 Å². The van der Waals surface area contributed by atoms with E-state index in [-0.39, 0.29) is 17.2 Å². The molecule has 24 heavy (non-hydrogen) atoms. The number of thiophene rings is 1. The van der Waals surface area contributed by atoms with E-state index in [1.807, 2.05) is 5.38 Å². The van der Waals surface area contributed by atoms with Crippen molar-refractivity contribution in [1.29, 1.82) is 0 Å². The highest BCUT2D eigenvalue weighted by atomic mass is 32.2. The zero-order chi connectivity index (χ0) is 17.4. The Kier molecular flexibility index (Phi) is 7.52. The SMILES string of the molecule is C=CCn1c(SCC(=O)NCCCCCC)nc2sccc2c1=O. The van der Waals surface area contributed by atoms with Crippen molar-refractivity contribution in [2.75, 3.05) is 12.3 Å². The van der Waals surface area contributed by atoms with Gasteiger partial charge in [-0.05, 0) is 17.9 Å². The van der Waals surface area contributed by atoms with Gasteiger partial charge in [0, 0.05) is 13.1 Å². The Bertz CT molecular complexity index is 752. The Morgan fingerprint density at radius 1 is 1.46 bits per heavy atom. The molecule has 0 aliphatic heterocycles. The van der Waals surface area contributed by atoms with E-state index in [2.05, 4.69) is 23.8 Å². The predicted octanol–water partition coefficient (Wildman–Crippen LogP) is 3.43. The Hall–Kier alpha value is -1.60. The lowest BCUT2D eigenvalue weighted by molar-refractivity contribution is -0.118. The van der Waals surface area contributed by atoms with E-state index in [0.717, 1.165) is 12.8 Å². The summed E-state index contributed by atoms with van der Waals surface area (Å²) < 4.78 is 1.57. The molecule has 7 heteroatoms. The Balaban J connectivity index is 1.98. The van der Waals surface area contributed by atoms with E-state index in [1.54, 1.807) is 16.7 Å². The molecule has 130 valence electrons. The number of thioether (sulfide) groups is 1. The topological polar surface area (TPSA) is 64.0 Å². The lowest BCUT2D eigenvalue weighted by Gasteiger charge is -2.10. The molecule has 2 rings (SSSR count). The van der Waals surface area contributed by atoms with E-state index < -0.39 is 0 Å². The van der Waals surface area contributed by atoms with Crippen molar-refractivity contribution in [1.82, 2.24) is 14.9 Å². The van der Waals surface area contributed by atoms with E-state index in [9.17, 15) is 9.59 Å². The average molecular weight is 366 g/mol. The maximum atomic E-state index is 12.5. The fraction of sp³-hybridized carbons (Fsp3) is 0.471. The Labute approximate surface area is 150 Å². The summed E-state index contributed by atoms with van der Waals surface area (Å²) >= 11 is 2.73. The highest BCUT2D eigenvalue weighted by Gasteiger charge is 2.13. The minimum Gasteiger partial charge on any atom is -0.355 e. The predicted molar refractivity (Wildman–Crippen MR) is 102 cm³/mol. The van der Waals surface area contributed by atoms with Gasteiger partial charge in [-0.2, -0.15) is 0 Å². The van der Waals surface area contributed by atoms with Gasteiger partial charge in [0.1, 0.15) is 4.83 Å². The molecule has 0 bridgehead atoms. The first kappa shape index (κ1) is 18.7. The molecule has 0 unspecified atom stereocenters. The van der Waals surface area contributed by atoms with E-state index >= 15 is 0 Å². The first-order valence-electron chi connectivity index (χ1n) is 8.15. The number of hydrogen-bond acceptors (Lipinski definition) is 5. The van der Waals surface area contributed by atoms with Gasteiger partial charge in [0.05, 0.1) is 11.1 Å². The van der Waals surface area contributed by atoms with Crippen molar-refractivity contribution in [2.45, 2.75) is 44.3 Å². The first-order chi connectivity index (χ1) is 11.7. The van der Waals surface area contributed by atoms with E-state index in [0.29, 0.717) is 28.5 Å². The van der Waals surface area contributed by atoms with Crippen LogP contribution < -0.4 is 10.9 Å². The monoisotopic (exact) mass is 365 g/mol. The van der Waals surface area contributed by atoms with Crippen molar-refractivity contribution in [3.8, 4) is 0 Å². The molecular weight excluding hydrogens is 342 g/mol. The molecule has 2 aromatic heterocycles. The molecule has 1 amide bonds. The van der Waals surface area contributed by atoms with Gasteiger partial charge in [-0.3, -0.25) is 14.2 Å². The maximum absolute atomic E-state index is 12.5. The second kappa shape index (κ2) is 9.64. The van der Waals surface area contributed by atoms with Crippen LogP contribution in [0.1, 0.15) is 32.6 Å². The van der Waals surface area contributed by atoms with Crippen molar-refractivity contribution >= 4 is 39.2 Å². The molecular formula is C17H23N3O2S2. The Morgan fingerprint density at radius 2 is 2.29 bits per heavy atom. The van der Waals surface area contributed by atoms with Crippen molar-refractivity contribution < 1.29 is 4.79 Å². The minimum absolute atomic E-state index is 0.0258. The van der Waals surface area contributed by atoms with Gasteiger partial charge in [0.2, 0.25) is 5.91 Å². The average Bonchev–Trinajstić information content (AvgIpc) is 3.04. The number of unbranched alkanes of at least 4 members (excludes halogenated alkanes) is 3. The van der Waals surface area contributed by atoms with Crippen LogP contribution in [0, 0.1) is 0 Å². The van der Waals surface area contributed by atoms with Crippen LogP contribution in [0.5, 0.6) is 0 Å². The number of rotatable bonds is 10. The summed E-state index contributed by atoms with van der Waals surface area (Å²) in [4.78, 5) is 29.7. The zero-order valence-electron chi connectivity index (χ0n) is 13.9. The smallest absolute Gasteiger partial charge is 0.263 e. The molecule has 0 saturated carbocycles. The van der Waals surface area contributed by atoms with Crippen LogP contribution in [0.2, 0.25) is 0 Å². The number of carbonyl (C=O) groups excluding carboxylic acids is 1. The van der Waals surface area contributed by atoms with Crippen molar-refractivity contribution in [3.63, 3.8) is 0 Å². The molecule has 0 spiro atoms. The van der Waals surface area contributed by atoms with Crippen LogP contribution in [-0.4, -0.2) is 27.8 Å². The van der Waals surface area contributed by atoms with Crippen LogP contribution in [0.3, 0.4) is 0 Å². The number of nitrogens with one attached hydrogen (secondary N) is 1. The minimum atomic E-state index is -0.0800. The fourth-order valence-electron chi connectivity index (χ4n) is 2.29. The second-order valence-corrected chi connectivity index (χ2v) is 7.27. The van der Waals surface area contributed by atoms with Gasteiger partial charge >= 0.3 is 0 Å². The summed E-state index contributed by atoms with van der Waals surface area (Å²) in [5.41, 5.74) is -0.0800. The highest BCUT2D eigenvalue weighted by Crippen LogP contribution is 2.21. The number of hydrogen-bond donors (Lipinski definition) is 1. The Morgan fingerprint density at radius 3 is 3.04 bits per heavy atom. The molecule has 0 fully saturated rings. The summed E-state index contributed by atoms with van der Waals surface area (Å²) in [5.74, 6) is 0.232. The molecule has 5 nitrogen and oxygen atoms in total. The number of fused-ring (bicyclic) bond motifs is 1. The number of aromatic nitrogens is 2. The summed E-state index contributed by atoms with van der Waals surface area (Å²) in [5, 5.41) is 5.96. The quantitative estimate of drug-likeness (QED) is 0.303.